The number of hydrogen-bond acceptors (Lipinski definition) is 5. The molecule has 54 heavy (non-hydrogen) atoms. The number of hydrogen-bond donors (Lipinski definition) is 0. The van der Waals surface area contributed by atoms with E-state index in [-0.39, 0.29) is 25.2 Å². The summed E-state index contributed by atoms with van der Waals surface area (Å²) in [5.74, 6) is -0.508. The minimum absolute atomic E-state index is 0.0408. The molecule has 0 bridgehead atoms. The van der Waals surface area contributed by atoms with Gasteiger partial charge >= 0.3 is 11.9 Å². The van der Waals surface area contributed by atoms with Gasteiger partial charge in [-0.1, -0.05) is 190 Å². The van der Waals surface area contributed by atoms with E-state index in [9.17, 15) is 9.59 Å². The van der Waals surface area contributed by atoms with Gasteiger partial charge in [0.25, 0.3) is 0 Å². The van der Waals surface area contributed by atoms with E-state index in [0.29, 0.717) is 25.9 Å². The maximum Gasteiger partial charge on any atom is 0.306 e. The van der Waals surface area contributed by atoms with Crippen molar-refractivity contribution in [2.75, 3.05) is 19.8 Å². The summed E-state index contributed by atoms with van der Waals surface area (Å²) < 4.78 is 17.2. The van der Waals surface area contributed by atoms with E-state index in [1.165, 1.54) is 83.5 Å². The first-order chi connectivity index (χ1) is 26.6. The highest BCUT2D eigenvalue weighted by atomic mass is 16.6. The van der Waals surface area contributed by atoms with Crippen molar-refractivity contribution >= 4 is 11.9 Å². The summed E-state index contributed by atoms with van der Waals surface area (Å²) in [7, 11) is 0. The first-order valence-corrected chi connectivity index (χ1v) is 22.5. The zero-order valence-corrected chi connectivity index (χ0v) is 35.5. The summed E-state index contributed by atoms with van der Waals surface area (Å²) in [6.45, 7) is 7.55. The van der Waals surface area contributed by atoms with Crippen LogP contribution in [-0.2, 0) is 23.8 Å². The van der Waals surface area contributed by atoms with Crippen molar-refractivity contribution < 1.29 is 23.8 Å². The van der Waals surface area contributed by atoms with Gasteiger partial charge in [-0.3, -0.25) is 9.59 Å². The Hall–Kier alpha value is -2.66. The number of rotatable bonds is 40. The van der Waals surface area contributed by atoms with Crippen LogP contribution in [0.3, 0.4) is 0 Å². The Labute approximate surface area is 334 Å². The van der Waals surface area contributed by atoms with Gasteiger partial charge < -0.3 is 14.2 Å². The topological polar surface area (TPSA) is 61.8 Å². The lowest BCUT2D eigenvalue weighted by Crippen LogP contribution is -2.30. The van der Waals surface area contributed by atoms with Gasteiger partial charge in [-0.2, -0.15) is 0 Å². The predicted molar refractivity (Wildman–Crippen MR) is 233 cm³/mol. The molecule has 0 aliphatic rings. The molecule has 0 aromatic carbocycles. The van der Waals surface area contributed by atoms with Crippen LogP contribution in [-0.4, -0.2) is 37.9 Å². The number of carbonyl (C=O) groups is 2. The van der Waals surface area contributed by atoms with Crippen LogP contribution in [0.2, 0.25) is 0 Å². The standard InChI is InChI=1S/C49H84O5/c1-4-7-10-13-16-19-22-25-27-30-33-36-39-42-48(50)53-46-47(45-52-44-41-38-35-32-29-24-21-18-15-12-9-6-3)54-49(51)43-40-37-34-31-28-26-23-20-17-14-11-8-5-2/h7,10-11,14,16,19-20,23,25,27,33,36,47H,4-6,8-9,12-13,15,17-18,21-22,24,26,28-32,34-35,37-46H2,1-3H3/b10-7-,14-11-,19-16-,23-20-,27-25-,36-33-. The first kappa shape index (κ1) is 51.3. The molecule has 1 unspecified atom stereocenters. The molecule has 310 valence electrons. The van der Waals surface area contributed by atoms with Crippen molar-refractivity contribution in [2.24, 2.45) is 0 Å². The third-order valence-electron chi connectivity index (χ3n) is 9.22. The molecule has 0 aliphatic carbocycles. The fourth-order valence-electron chi connectivity index (χ4n) is 5.91. The fraction of sp³-hybridized carbons (Fsp3) is 0.714. The van der Waals surface area contributed by atoms with Crippen molar-refractivity contribution in [3.63, 3.8) is 0 Å². The van der Waals surface area contributed by atoms with Crippen LogP contribution in [0, 0.1) is 0 Å². The smallest absolute Gasteiger partial charge is 0.306 e. The zero-order valence-electron chi connectivity index (χ0n) is 35.5. The van der Waals surface area contributed by atoms with Gasteiger partial charge in [0.05, 0.1) is 6.61 Å². The molecule has 0 N–H and O–H groups in total. The molecule has 0 aromatic heterocycles. The number of carbonyl (C=O) groups excluding carboxylic acids is 2. The fourth-order valence-corrected chi connectivity index (χ4v) is 5.91. The molecule has 0 saturated heterocycles. The van der Waals surface area contributed by atoms with Gasteiger partial charge in [-0.15, -0.1) is 0 Å². The highest BCUT2D eigenvalue weighted by molar-refractivity contribution is 5.70. The van der Waals surface area contributed by atoms with Crippen molar-refractivity contribution in [1.29, 1.82) is 0 Å². The molecule has 5 heteroatoms. The summed E-state index contributed by atoms with van der Waals surface area (Å²) in [6.07, 6.45) is 56.2. The Kier molecular flexibility index (Phi) is 42.5. The molecular weight excluding hydrogens is 669 g/mol. The predicted octanol–water partition coefficient (Wildman–Crippen LogP) is 14.8. The van der Waals surface area contributed by atoms with Crippen LogP contribution in [0.5, 0.6) is 0 Å². The summed E-state index contributed by atoms with van der Waals surface area (Å²) in [5, 5.41) is 0. The zero-order chi connectivity index (χ0) is 39.3. The highest BCUT2D eigenvalue weighted by Gasteiger charge is 2.17. The normalized spacial score (nSPS) is 12.9. The van der Waals surface area contributed by atoms with E-state index < -0.39 is 6.10 Å². The summed E-state index contributed by atoms with van der Waals surface area (Å²) in [6, 6.07) is 0. The molecule has 0 rings (SSSR count). The van der Waals surface area contributed by atoms with E-state index in [1.54, 1.807) is 0 Å². The van der Waals surface area contributed by atoms with E-state index in [4.69, 9.17) is 14.2 Å². The van der Waals surface area contributed by atoms with E-state index in [0.717, 1.165) is 77.0 Å². The van der Waals surface area contributed by atoms with Gasteiger partial charge in [-0.25, -0.2) is 0 Å². The third kappa shape index (κ3) is 42.1. The second kappa shape index (κ2) is 44.7. The molecule has 0 saturated carbocycles. The van der Waals surface area contributed by atoms with Crippen molar-refractivity contribution in [3.05, 3.63) is 72.9 Å². The lowest BCUT2D eigenvalue weighted by Gasteiger charge is -2.18. The molecular formula is C49H84O5. The van der Waals surface area contributed by atoms with Crippen molar-refractivity contribution in [3.8, 4) is 0 Å². The molecule has 0 fully saturated rings. The van der Waals surface area contributed by atoms with Crippen LogP contribution < -0.4 is 0 Å². The maximum absolute atomic E-state index is 12.7. The Bertz CT molecular complexity index is 988. The first-order valence-electron chi connectivity index (χ1n) is 22.5. The van der Waals surface area contributed by atoms with Crippen LogP contribution in [0.15, 0.2) is 72.9 Å². The molecule has 0 amide bonds. The van der Waals surface area contributed by atoms with E-state index in [2.05, 4.69) is 87.6 Å². The minimum Gasteiger partial charge on any atom is -0.462 e. The largest absolute Gasteiger partial charge is 0.462 e. The Morgan fingerprint density at radius 2 is 0.907 bits per heavy atom. The average Bonchev–Trinajstić information content (AvgIpc) is 3.17. The summed E-state index contributed by atoms with van der Waals surface area (Å²) in [5.41, 5.74) is 0. The van der Waals surface area contributed by atoms with Gasteiger partial charge in [0.1, 0.15) is 6.61 Å². The summed E-state index contributed by atoms with van der Waals surface area (Å²) >= 11 is 0. The van der Waals surface area contributed by atoms with Gasteiger partial charge in [0.2, 0.25) is 0 Å². The average molecular weight is 753 g/mol. The van der Waals surface area contributed by atoms with Crippen LogP contribution in [0.25, 0.3) is 0 Å². The Morgan fingerprint density at radius 1 is 0.426 bits per heavy atom. The highest BCUT2D eigenvalue weighted by Crippen LogP contribution is 2.13. The molecule has 0 radical (unpaired) electrons. The van der Waals surface area contributed by atoms with Crippen molar-refractivity contribution in [2.45, 2.75) is 207 Å². The minimum atomic E-state index is -0.570. The molecule has 0 aromatic rings. The quantitative estimate of drug-likeness (QED) is 0.0354. The SMILES string of the molecule is CC/C=C\C/C=C\C/C=C\C/C=C\CCC(=O)OCC(COCCCCCCCCCCCCCC)OC(=O)CCCCCCC/C=C\C/C=C\CCC. The number of esters is 2. The third-order valence-corrected chi connectivity index (χ3v) is 9.22. The molecule has 1 atom stereocenters. The van der Waals surface area contributed by atoms with Gasteiger partial charge in [-0.05, 0) is 70.6 Å². The molecule has 0 heterocycles. The van der Waals surface area contributed by atoms with Crippen molar-refractivity contribution in [1.82, 2.24) is 0 Å². The lowest BCUT2D eigenvalue weighted by molar-refractivity contribution is -0.162. The molecule has 0 aliphatic heterocycles. The van der Waals surface area contributed by atoms with E-state index >= 15 is 0 Å². The Balaban J connectivity index is 4.38. The summed E-state index contributed by atoms with van der Waals surface area (Å²) in [4.78, 5) is 25.2. The second-order valence-corrected chi connectivity index (χ2v) is 14.6. The second-order valence-electron chi connectivity index (χ2n) is 14.6. The van der Waals surface area contributed by atoms with E-state index in [1.807, 2.05) is 6.08 Å². The van der Waals surface area contributed by atoms with Crippen LogP contribution in [0.4, 0.5) is 0 Å². The van der Waals surface area contributed by atoms with Gasteiger partial charge in [0.15, 0.2) is 6.10 Å². The maximum atomic E-state index is 12.7. The number of allylic oxidation sites excluding steroid dienone is 12. The van der Waals surface area contributed by atoms with Crippen LogP contribution in [0.1, 0.15) is 201 Å². The monoisotopic (exact) mass is 753 g/mol. The number of unbranched alkanes of at least 4 members (excludes halogenated alkanes) is 17. The van der Waals surface area contributed by atoms with Gasteiger partial charge in [0, 0.05) is 19.4 Å². The Morgan fingerprint density at radius 3 is 1.48 bits per heavy atom. The molecule has 5 nitrogen and oxygen atoms in total. The van der Waals surface area contributed by atoms with Crippen LogP contribution >= 0.6 is 0 Å². The number of ether oxygens (including phenoxy) is 3. The molecule has 0 spiro atoms. The lowest BCUT2D eigenvalue weighted by atomic mass is 10.1.